The number of nitrogens with two attached hydrogens (primary N) is 1. The Labute approximate surface area is 76.8 Å². The second kappa shape index (κ2) is 2.82. The maximum atomic E-state index is 5.71. The van der Waals surface area contributed by atoms with E-state index >= 15 is 0 Å². The van der Waals surface area contributed by atoms with Crippen molar-refractivity contribution in [2.24, 2.45) is 11.1 Å². The number of nitrogens with zero attached hydrogens (tertiary/aromatic N) is 1. The normalized spacial score (nSPS) is 19.5. The Morgan fingerprint density at radius 1 is 1.67 bits per heavy atom. The van der Waals surface area contributed by atoms with Gasteiger partial charge < -0.3 is 5.73 Å². The van der Waals surface area contributed by atoms with Crippen molar-refractivity contribution in [3.8, 4) is 0 Å². The van der Waals surface area contributed by atoms with E-state index in [1.54, 1.807) is 11.3 Å². The quantitative estimate of drug-likeness (QED) is 0.773. The van der Waals surface area contributed by atoms with E-state index in [0.29, 0.717) is 5.41 Å². The lowest BCUT2D eigenvalue weighted by molar-refractivity contribution is 0.525. The van der Waals surface area contributed by atoms with E-state index in [1.807, 2.05) is 6.20 Å². The van der Waals surface area contributed by atoms with Crippen LogP contribution in [-0.4, -0.2) is 11.5 Å². The molecule has 1 saturated carbocycles. The predicted molar refractivity (Wildman–Crippen MR) is 51.3 cm³/mol. The van der Waals surface area contributed by atoms with E-state index in [0.717, 1.165) is 18.0 Å². The highest BCUT2D eigenvalue weighted by Crippen LogP contribution is 2.47. The van der Waals surface area contributed by atoms with Gasteiger partial charge in [-0.2, -0.15) is 0 Å². The van der Waals surface area contributed by atoms with Gasteiger partial charge in [0.05, 0.1) is 5.01 Å². The molecular weight excluding hydrogens is 168 g/mol. The van der Waals surface area contributed by atoms with Crippen molar-refractivity contribution in [3.05, 3.63) is 16.1 Å². The van der Waals surface area contributed by atoms with Crippen molar-refractivity contribution < 1.29 is 0 Å². The number of aryl methyl sites for hydroxylation is 1. The molecule has 2 rings (SSSR count). The highest BCUT2D eigenvalue weighted by Gasteiger charge is 2.41. The van der Waals surface area contributed by atoms with E-state index < -0.39 is 0 Å². The van der Waals surface area contributed by atoms with E-state index in [4.69, 9.17) is 5.73 Å². The molecule has 1 aromatic rings. The van der Waals surface area contributed by atoms with Gasteiger partial charge in [-0.05, 0) is 38.1 Å². The zero-order valence-electron chi connectivity index (χ0n) is 7.34. The van der Waals surface area contributed by atoms with Gasteiger partial charge >= 0.3 is 0 Å². The first-order valence-electron chi connectivity index (χ1n) is 4.35. The molecule has 0 bridgehead atoms. The summed E-state index contributed by atoms with van der Waals surface area (Å²) in [5.74, 6) is 0. The average molecular weight is 182 g/mol. The molecule has 0 aliphatic heterocycles. The van der Waals surface area contributed by atoms with Gasteiger partial charge in [-0.3, -0.25) is 0 Å². The fraction of sp³-hybridized carbons (Fsp3) is 0.667. The van der Waals surface area contributed by atoms with Gasteiger partial charge in [0, 0.05) is 11.1 Å². The third-order valence-electron chi connectivity index (χ3n) is 2.61. The van der Waals surface area contributed by atoms with Crippen molar-refractivity contribution in [1.29, 1.82) is 0 Å². The SMILES string of the molecule is Cc1ncc(CC2(CN)CC2)s1. The lowest BCUT2D eigenvalue weighted by Gasteiger charge is -2.08. The van der Waals surface area contributed by atoms with Crippen LogP contribution in [0.1, 0.15) is 22.7 Å². The van der Waals surface area contributed by atoms with Crippen LogP contribution in [-0.2, 0) is 6.42 Å². The summed E-state index contributed by atoms with van der Waals surface area (Å²) in [6.07, 6.45) is 5.76. The number of rotatable bonds is 3. The Kier molecular flexibility index (Phi) is 1.93. The van der Waals surface area contributed by atoms with Crippen LogP contribution in [0.25, 0.3) is 0 Å². The van der Waals surface area contributed by atoms with Crippen molar-refractivity contribution in [3.63, 3.8) is 0 Å². The van der Waals surface area contributed by atoms with Crippen molar-refractivity contribution in [2.75, 3.05) is 6.54 Å². The summed E-state index contributed by atoms with van der Waals surface area (Å²) in [6.45, 7) is 2.89. The second-order valence-electron chi connectivity index (χ2n) is 3.73. The van der Waals surface area contributed by atoms with Crippen molar-refractivity contribution in [1.82, 2.24) is 4.98 Å². The summed E-state index contributed by atoms with van der Waals surface area (Å²) in [4.78, 5) is 5.64. The van der Waals surface area contributed by atoms with Gasteiger partial charge in [0.15, 0.2) is 0 Å². The van der Waals surface area contributed by atoms with Crippen molar-refractivity contribution in [2.45, 2.75) is 26.2 Å². The first kappa shape index (κ1) is 8.20. The largest absolute Gasteiger partial charge is 0.330 e. The Balaban J connectivity index is 2.04. The zero-order valence-corrected chi connectivity index (χ0v) is 8.16. The third kappa shape index (κ3) is 1.52. The smallest absolute Gasteiger partial charge is 0.0896 e. The maximum Gasteiger partial charge on any atom is 0.0896 e. The Morgan fingerprint density at radius 2 is 2.42 bits per heavy atom. The van der Waals surface area contributed by atoms with Crippen LogP contribution in [0.15, 0.2) is 6.20 Å². The lowest BCUT2D eigenvalue weighted by Crippen LogP contribution is -2.17. The molecule has 1 aromatic heterocycles. The van der Waals surface area contributed by atoms with E-state index in [-0.39, 0.29) is 0 Å². The molecule has 0 unspecified atom stereocenters. The number of hydrogen-bond donors (Lipinski definition) is 1. The fourth-order valence-corrected chi connectivity index (χ4v) is 2.46. The third-order valence-corrected chi connectivity index (χ3v) is 3.52. The Morgan fingerprint density at radius 3 is 2.83 bits per heavy atom. The molecule has 0 saturated heterocycles. The highest BCUT2D eigenvalue weighted by atomic mass is 32.1. The van der Waals surface area contributed by atoms with E-state index in [1.165, 1.54) is 17.7 Å². The van der Waals surface area contributed by atoms with Gasteiger partial charge in [-0.1, -0.05) is 0 Å². The lowest BCUT2D eigenvalue weighted by atomic mass is 10.0. The van der Waals surface area contributed by atoms with Crippen LogP contribution in [0.4, 0.5) is 0 Å². The summed E-state index contributed by atoms with van der Waals surface area (Å²) >= 11 is 1.80. The number of thiazole rings is 1. The number of hydrogen-bond acceptors (Lipinski definition) is 3. The van der Waals surface area contributed by atoms with Crippen molar-refractivity contribution >= 4 is 11.3 Å². The minimum absolute atomic E-state index is 0.457. The molecule has 1 fully saturated rings. The molecule has 0 amide bonds. The molecule has 2 nitrogen and oxygen atoms in total. The molecule has 1 aliphatic rings. The minimum Gasteiger partial charge on any atom is -0.330 e. The molecule has 66 valence electrons. The van der Waals surface area contributed by atoms with Gasteiger partial charge in [0.1, 0.15) is 0 Å². The first-order valence-corrected chi connectivity index (χ1v) is 5.17. The van der Waals surface area contributed by atoms with Crippen LogP contribution in [0.2, 0.25) is 0 Å². The van der Waals surface area contributed by atoms with Crippen LogP contribution < -0.4 is 5.73 Å². The maximum absolute atomic E-state index is 5.71. The van der Waals surface area contributed by atoms with Gasteiger partial charge in [-0.15, -0.1) is 11.3 Å². The molecule has 12 heavy (non-hydrogen) atoms. The molecule has 0 spiro atoms. The summed E-state index contributed by atoms with van der Waals surface area (Å²) in [5, 5.41) is 1.16. The topological polar surface area (TPSA) is 38.9 Å². The summed E-state index contributed by atoms with van der Waals surface area (Å²) in [6, 6.07) is 0. The summed E-state index contributed by atoms with van der Waals surface area (Å²) in [5.41, 5.74) is 6.16. The first-order chi connectivity index (χ1) is 5.74. The Bertz CT molecular complexity index is 276. The predicted octanol–water partition coefficient (Wildman–Crippen LogP) is 1.73. The average Bonchev–Trinajstić information content (AvgIpc) is 2.71. The molecule has 1 aliphatic carbocycles. The second-order valence-corrected chi connectivity index (χ2v) is 5.05. The summed E-state index contributed by atoms with van der Waals surface area (Å²) < 4.78 is 0. The Hall–Kier alpha value is -0.410. The standard InChI is InChI=1S/C9H14N2S/c1-7-11-5-8(12-7)4-9(6-10)2-3-9/h5H,2-4,6,10H2,1H3. The molecule has 0 radical (unpaired) electrons. The zero-order chi connectivity index (χ0) is 8.60. The van der Waals surface area contributed by atoms with Crippen LogP contribution in [0.5, 0.6) is 0 Å². The minimum atomic E-state index is 0.457. The molecule has 3 heteroatoms. The van der Waals surface area contributed by atoms with E-state index in [2.05, 4.69) is 11.9 Å². The molecule has 2 N–H and O–H groups in total. The molecular formula is C9H14N2S. The molecule has 1 heterocycles. The highest BCUT2D eigenvalue weighted by molar-refractivity contribution is 7.11. The van der Waals surface area contributed by atoms with Gasteiger partial charge in [0.2, 0.25) is 0 Å². The molecule has 0 atom stereocenters. The van der Waals surface area contributed by atoms with E-state index in [9.17, 15) is 0 Å². The van der Waals surface area contributed by atoms with Crippen LogP contribution in [0.3, 0.4) is 0 Å². The monoisotopic (exact) mass is 182 g/mol. The fourth-order valence-electron chi connectivity index (χ4n) is 1.49. The van der Waals surface area contributed by atoms with Gasteiger partial charge in [0.25, 0.3) is 0 Å². The van der Waals surface area contributed by atoms with Crippen LogP contribution >= 0.6 is 11.3 Å². The molecule has 0 aromatic carbocycles. The van der Waals surface area contributed by atoms with Crippen LogP contribution in [0, 0.1) is 12.3 Å². The summed E-state index contributed by atoms with van der Waals surface area (Å²) in [7, 11) is 0. The number of aromatic nitrogens is 1. The van der Waals surface area contributed by atoms with Gasteiger partial charge in [-0.25, -0.2) is 4.98 Å².